The molecule has 3 aromatic rings. The highest BCUT2D eigenvalue weighted by molar-refractivity contribution is 6.15. The standard InChI is InChI=1S/C23H21N3O3/c27-22(17-8-2-1-3-9-17)19-11-4-5-12-20(19)23(28)26-15-7-10-18(16-26)29-21-13-6-14-24-25-21/h1-6,8-9,11-14,18H,7,10,15-16H2. The second-order valence-corrected chi connectivity index (χ2v) is 6.94. The van der Waals surface area contributed by atoms with Gasteiger partial charge in [-0.05, 0) is 25.0 Å². The Bertz CT molecular complexity index is 993. The average Bonchev–Trinajstić information content (AvgIpc) is 2.79. The zero-order valence-corrected chi connectivity index (χ0v) is 15.9. The van der Waals surface area contributed by atoms with Crippen LogP contribution in [0.3, 0.4) is 0 Å². The van der Waals surface area contributed by atoms with E-state index in [4.69, 9.17) is 4.74 Å². The average molecular weight is 387 g/mol. The van der Waals surface area contributed by atoms with Crippen LogP contribution in [0.2, 0.25) is 0 Å². The van der Waals surface area contributed by atoms with Crippen LogP contribution in [0.1, 0.15) is 39.1 Å². The molecule has 4 rings (SSSR count). The van der Waals surface area contributed by atoms with Crippen LogP contribution in [0.5, 0.6) is 5.88 Å². The number of aromatic nitrogens is 2. The SMILES string of the molecule is O=C(c1ccccc1)c1ccccc1C(=O)N1CCCC(Oc2cccnn2)C1. The van der Waals surface area contributed by atoms with E-state index < -0.39 is 0 Å². The minimum absolute atomic E-state index is 0.151. The number of hydrogen-bond acceptors (Lipinski definition) is 5. The van der Waals surface area contributed by atoms with Crippen LogP contribution < -0.4 is 4.74 Å². The van der Waals surface area contributed by atoms with Crippen molar-refractivity contribution in [2.45, 2.75) is 18.9 Å². The molecule has 2 heterocycles. The van der Waals surface area contributed by atoms with Crippen molar-refractivity contribution < 1.29 is 14.3 Å². The van der Waals surface area contributed by atoms with Gasteiger partial charge in [-0.25, -0.2) is 0 Å². The zero-order chi connectivity index (χ0) is 20.1. The fourth-order valence-electron chi connectivity index (χ4n) is 3.52. The molecule has 146 valence electrons. The number of nitrogens with zero attached hydrogens (tertiary/aromatic N) is 3. The number of carbonyl (C=O) groups is 2. The number of benzene rings is 2. The van der Waals surface area contributed by atoms with Crippen molar-refractivity contribution in [3.05, 3.63) is 89.6 Å². The van der Waals surface area contributed by atoms with Crippen LogP contribution in [-0.4, -0.2) is 46.0 Å². The summed E-state index contributed by atoms with van der Waals surface area (Å²) in [6.45, 7) is 1.08. The summed E-state index contributed by atoms with van der Waals surface area (Å²) in [5, 5.41) is 7.77. The molecule has 1 aliphatic rings. The monoisotopic (exact) mass is 387 g/mol. The Morgan fingerprint density at radius 1 is 0.931 bits per heavy atom. The van der Waals surface area contributed by atoms with Gasteiger partial charge in [0.2, 0.25) is 5.88 Å². The molecule has 6 nitrogen and oxygen atoms in total. The fraction of sp³-hybridized carbons (Fsp3) is 0.217. The molecular formula is C23H21N3O3. The Hall–Kier alpha value is -3.54. The zero-order valence-electron chi connectivity index (χ0n) is 15.9. The van der Waals surface area contributed by atoms with Gasteiger partial charge in [-0.1, -0.05) is 48.5 Å². The first-order valence-corrected chi connectivity index (χ1v) is 9.65. The smallest absolute Gasteiger partial charge is 0.254 e. The second-order valence-electron chi connectivity index (χ2n) is 6.94. The van der Waals surface area contributed by atoms with E-state index in [0.717, 1.165) is 12.8 Å². The molecule has 1 amide bonds. The molecule has 0 spiro atoms. The van der Waals surface area contributed by atoms with Crippen LogP contribution in [0.4, 0.5) is 0 Å². The van der Waals surface area contributed by atoms with Crippen LogP contribution in [0.25, 0.3) is 0 Å². The maximum Gasteiger partial charge on any atom is 0.254 e. The van der Waals surface area contributed by atoms with E-state index in [1.54, 1.807) is 59.6 Å². The Balaban J connectivity index is 1.53. The molecule has 1 aromatic heterocycles. The first kappa shape index (κ1) is 18.8. The van der Waals surface area contributed by atoms with E-state index >= 15 is 0 Å². The number of ketones is 1. The molecule has 0 N–H and O–H groups in total. The molecule has 0 bridgehead atoms. The predicted molar refractivity (Wildman–Crippen MR) is 108 cm³/mol. The third-order valence-electron chi connectivity index (χ3n) is 4.94. The second kappa shape index (κ2) is 8.65. The first-order chi connectivity index (χ1) is 14.2. The topological polar surface area (TPSA) is 72.4 Å². The van der Waals surface area contributed by atoms with Crippen molar-refractivity contribution in [1.29, 1.82) is 0 Å². The van der Waals surface area contributed by atoms with Crippen LogP contribution in [0.15, 0.2) is 72.9 Å². The van der Waals surface area contributed by atoms with E-state index in [2.05, 4.69) is 10.2 Å². The van der Waals surface area contributed by atoms with Crippen LogP contribution in [0, 0.1) is 0 Å². The van der Waals surface area contributed by atoms with E-state index in [1.165, 1.54) is 0 Å². The number of ether oxygens (including phenoxy) is 1. The minimum Gasteiger partial charge on any atom is -0.471 e. The number of likely N-dealkylation sites (tertiary alicyclic amines) is 1. The molecule has 1 atom stereocenters. The lowest BCUT2D eigenvalue weighted by Gasteiger charge is -2.33. The van der Waals surface area contributed by atoms with Gasteiger partial charge in [-0.3, -0.25) is 9.59 Å². The van der Waals surface area contributed by atoms with Gasteiger partial charge in [-0.2, -0.15) is 5.10 Å². The van der Waals surface area contributed by atoms with E-state index in [0.29, 0.717) is 35.7 Å². The Kier molecular flexibility index (Phi) is 5.61. The Labute approximate surface area is 169 Å². The maximum absolute atomic E-state index is 13.2. The van der Waals surface area contributed by atoms with Gasteiger partial charge in [-0.15, -0.1) is 5.10 Å². The van der Waals surface area contributed by atoms with Gasteiger partial charge >= 0.3 is 0 Å². The van der Waals surface area contributed by atoms with Gasteiger partial charge in [0, 0.05) is 29.9 Å². The van der Waals surface area contributed by atoms with Crippen LogP contribution >= 0.6 is 0 Å². The van der Waals surface area contributed by atoms with Crippen molar-refractivity contribution in [3.8, 4) is 5.88 Å². The summed E-state index contributed by atoms with van der Waals surface area (Å²) >= 11 is 0. The third-order valence-corrected chi connectivity index (χ3v) is 4.94. The van der Waals surface area contributed by atoms with Crippen molar-refractivity contribution >= 4 is 11.7 Å². The molecule has 0 aliphatic carbocycles. The number of hydrogen-bond donors (Lipinski definition) is 0. The van der Waals surface area contributed by atoms with E-state index in [1.807, 2.05) is 18.2 Å². The van der Waals surface area contributed by atoms with Gasteiger partial charge in [0.25, 0.3) is 5.91 Å². The first-order valence-electron chi connectivity index (χ1n) is 9.65. The molecule has 1 saturated heterocycles. The van der Waals surface area contributed by atoms with Crippen molar-refractivity contribution in [1.82, 2.24) is 15.1 Å². The maximum atomic E-state index is 13.2. The molecule has 6 heteroatoms. The number of piperidine rings is 1. The van der Waals surface area contributed by atoms with Gasteiger partial charge in [0.05, 0.1) is 12.1 Å². The molecule has 1 fully saturated rings. The van der Waals surface area contributed by atoms with E-state index in [9.17, 15) is 9.59 Å². The lowest BCUT2D eigenvalue weighted by atomic mass is 9.97. The number of carbonyl (C=O) groups excluding carboxylic acids is 2. The highest BCUT2D eigenvalue weighted by atomic mass is 16.5. The molecule has 1 unspecified atom stereocenters. The largest absolute Gasteiger partial charge is 0.471 e. The summed E-state index contributed by atoms with van der Waals surface area (Å²) < 4.78 is 5.88. The van der Waals surface area contributed by atoms with Gasteiger partial charge in [0.15, 0.2) is 5.78 Å². The normalized spacial score (nSPS) is 16.3. The summed E-state index contributed by atoms with van der Waals surface area (Å²) in [6.07, 6.45) is 3.10. The predicted octanol–water partition coefficient (Wildman–Crippen LogP) is 3.39. The molecule has 29 heavy (non-hydrogen) atoms. The lowest BCUT2D eigenvalue weighted by Crippen LogP contribution is -2.44. The molecule has 1 aliphatic heterocycles. The van der Waals surface area contributed by atoms with Crippen molar-refractivity contribution in [3.63, 3.8) is 0 Å². The summed E-state index contributed by atoms with van der Waals surface area (Å²) in [5.41, 5.74) is 1.40. The molecule has 0 radical (unpaired) electrons. The van der Waals surface area contributed by atoms with Crippen molar-refractivity contribution in [2.24, 2.45) is 0 Å². The summed E-state index contributed by atoms with van der Waals surface area (Å²) in [7, 11) is 0. The summed E-state index contributed by atoms with van der Waals surface area (Å²) in [6, 6.07) is 19.5. The highest BCUT2D eigenvalue weighted by Gasteiger charge is 2.28. The summed E-state index contributed by atoms with van der Waals surface area (Å²) in [5.74, 6) is 0.141. The van der Waals surface area contributed by atoms with E-state index in [-0.39, 0.29) is 17.8 Å². The lowest BCUT2D eigenvalue weighted by molar-refractivity contribution is 0.0523. The number of rotatable bonds is 5. The Morgan fingerprint density at radius 3 is 2.45 bits per heavy atom. The highest BCUT2D eigenvalue weighted by Crippen LogP contribution is 2.21. The molecular weight excluding hydrogens is 366 g/mol. The van der Waals surface area contributed by atoms with Crippen molar-refractivity contribution in [2.75, 3.05) is 13.1 Å². The summed E-state index contributed by atoms with van der Waals surface area (Å²) in [4.78, 5) is 27.9. The number of amides is 1. The Morgan fingerprint density at radius 2 is 1.69 bits per heavy atom. The quantitative estimate of drug-likeness (QED) is 0.628. The van der Waals surface area contributed by atoms with Gasteiger partial charge < -0.3 is 9.64 Å². The third kappa shape index (κ3) is 4.32. The fourth-order valence-corrected chi connectivity index (χ4v) is 3.52. The van der Waals surface area contributed by atoms with Gasteiger partial charge in [0.1, 0.15) is 6.10 Å². The van der Waals surface area contributed by atoms with Crippen LogP contribution in [-0.2, 0) is 0 Å². The minimum atomic E-state index is -0.155. The molecule has 2 aromatic carbocycles. The molecule has 0 saturated carbocycles.